The Bertz CT molecular complexity index is 336. The second kappa shape index (κ2) is 2.60. The lowest BCUT2D eigenvalue weighted by atomic mass is 10.0. The summed E-state index contributed by atoms with van der Waals surface area (Å²) < 4.78 is 0. The summed E-state index contributed by atoms with van der Waals surface area (Å²) >= 11 is 0. The van der Waals surface area contributed by atoms with Crippen LogP contribution in [-0.4, -0.2) is 9.97 Å². The van der Waals surface area contributed by atoms with Crippen LogP contribution < -0.4 is 17.0 Å². The van der Waals surface area contributed by atoms with Gasteiger partial charge in [-0.2, -0.15) is 0 Å². The molecule has 0 amide bonds. The maximum atomic E-state index is 10.9. The van der Waals surface area contributed by atoms with E-state index >= 15 is 0 Å². The molecule has 0 unspecified atom stereocenters. The van der Waals surface area contributed by atoms with Crippen molar-refractivity contribution in [1.82, 2.24) is 9.97 Å². The first kappa shape index (κ1) is 8.73. The van der Waals surface area contributed by atoms with E-state index in [1.165, 1.54) is 6.07 Å². The molecule has 0 aliphatic heterocycles. The summed E-state index contributed by atoms with van der Waals surface area (Å²) in [5.41, 5.74) is 10.6. The molecule has 1 aromatic heterocycles. The first-order valence-corrected chi connectivity index (χ1v) is 3.56. The lowest BCUT2D eigenvalue weighted by Crippen LogP contribution is -2.32. The third kappa shape index (κ3) is 1.82. The van der Waals surface area contributed by atoms with E-state index in [2.05, 4.69) is 9.97 Å². The van der Waals surface area contributed by atoms with Crippen molar-refractivity contribution in [2.24, 2.45) is 5.73 Å². The zero-order valence-electron chi connectivity index (χ0n) is 7.09. The Hall–Kier alpha value is -1.36. The number of hydrogen-bond donors (Lipinski definition) is 3. The maximum Gasteiger partial charge on any atom is 0.252 e. The van der Waals surface area contributed by atoms with Gasteiger partial charge in [0.15, 0.2) is 0 Å². The Balaban J connectivity index is 3.27. The van der Waals surface area contributed by atoms with Gasteiger partial charge in [0.2, 0.25) is 5.95 Å². The fourth-order valence-electron chi connectivity index (χ4n) is 0.807. The number of nitrogen functional groups attached to an aromatic ring is 1. The van der Waals surface area contributed by atoms with Crippen LogP contribution >= 0.6 is 0 Å². The molecule has 1 heterocycles. The number of anilines is 1. The fraction of sp³-hybridized carbons (Fsp3) is 0.429. The number of nitrogens with two attached hydrogens (primary N) is 2. The number of nitrogens with one attached hydrogen (secondary N) is 1. The topological polar surface area (TPSA) is 97.8 Å². The summed E-state index contributed by atoms with van der Waals surface area (Å²) in [5, 5.41) is 0. The number of hydrogen-bond acceptors (Lipinski definition) is 4. The third-order valence-electron chi connectivity index (χ3n) is 1.42. The van der Waals surface area contributed by atoms with E-state index in [9.17, 15) is 4.79 Å². The van der Waals surface area contributed by atoms with Gasteiger partial charge in [-0.05, 0) is 13.8 Å². The van der Waals surface area contributed by atoms with Gasteiger partial charge in [0.1, 0.15) is 0 Å². The van der Waals surface area contributed by atoms with Crippen molar-refractivity contribution in [2.75, 3.05) is 5.73 Å². The molecule has 0 aliphatic carbocycles. The Labute approximate surface area is 69.8 Å². The monoisotopic (exact) mass is 168 g/mol. The van der Waals surface area contributed by atoms with E-state index in [-0.39, 0.29) is 11.5 Å². The van der Waals surface area contributed by atoms with Crippen molar-refractivity contribution in [3.63, 3.8) is 0 Å². The first-order chi connectivity index (χ1) is 5.39. The highest BCUT2D eigenvalue weighted by atomic mass is 16.1. The van der Waals surface area contributed by atoms with Crippen molar-refractivity contribution in [3.8, 4) is 0 Å². The van der Waals surface area contributed by atoms with Gasteiger partial charge in [-0.25, -0.2) is 4.98 Å². The molecule has 0 saturated carbocycles. The second-order valence-corrected chi connectivity index (χ2v) is 3.24. The minimum Gasteiger partial charge on any atom is -0.369 e. The summed E-state index contributed by atoms with van der Waals surface area (Å²) in [6.45, 7) is 3.52. The Kier molecular flexibility index (Phi) is 1.89. The summed E-state index contributed by atoms with van der Waals surface area (Å²) in [4.78, 5) is 17.2. The van der Waals surface area contributed by atoms with Crippen LogP contribution in [0.1, 0.15) is 19.5 Å². The molecule has 0 bridgehead atoms. The van der Waals surface area contributed by atoms with Gasteiger partial charge >= 0.3 is 0 Å². The van der Waals surface area contributed by atoms with Crippen molar-refractivity contribution >= 4 is 5.95 Å². The van der Waals surface area contributed by atoms with Crippen molar-refractivity contribution in [1.29, 1.82) is 0 Å². The molecule has 5 nitrogen and oxygen atoms in total. The summed E-state index contributed by atoms with van der Waals surface area (Å²) in [5.74, 6) is 0.0935. The van der Waals surface area contributed by atoms with E-state index in [4.69, 9.17) is 11.5 Å². The molecule has 0 aromatic carbocycles. The third-order valence-corrected chi connectivity index (χ3v) is 1.42. The van der Waals surface area contributed by atoms with Crippen LogP contribution in [-0.2, 0) is 5.54 Å². The average Bonchev–Trinajstić information content (AvgIpc) is 1.82. The van der Waals surface area contributed by atoms with Gasteiger partial charge in [0, 0.05) is 6.07 Å². The van der Waals surface area contributed by atoms with Crippen molar-refractivity contribution < 1.29 is 0 Å². The van der Waals surface area contributed by atoms with E-state index in [0.29, 0.717) is 5.69 Å². The van der Waals surface area contributed by atoms with Crippen LogP contribution in [0.2, 0.25) is 0 Å². The number of aromatic nitrogens is 2. The largest absolute Gasteiger partial charge is 0.369 e. The molecule has 12 heavy (non-hydrogen) atoms. The van der Waals surface area contributed by atoms with Crippen LogP contribution in [0.4, 0.5) is 5.95 Å². The molecular weight excluding hydrogens is 156 g/mol. The minimum atomic E-state index is -0.637. The van der Waals surface area contributed by atoms with E-state index in [1.807, 2.05) is 0 Å². The van der Waals surface area contributed by atoms with Crippen LogP contribution in [0.5, 0.6) is 0 Å². The number of rotatable bonds is 1. The molecule has 1 rings (SSSR count). The highest BCUT2D eigenvalue weighted by molar-refractivity contribution is 5.21. The lowest BCUT2D eigenvalue weighted by molar-refractivity contribution is 0.533. The zero-order chi connectivity index (χ0) is 9.35. The quantitative estimate of drug-likeness (QED) is 0.528. The molecule has 5 N–H and O–H groups in total. The van der Waals surface area contributed by atoms with Crippen LogP contribution in [0.15, 0.2) is 10.9 Å². The molecule has 1 aromatic rings. The average molecular weight is 168 g/mol. The summed E-state index contributed by atoms with van der Waals surface area (Å²) in [6.07, 6.45) is 0. The zero-order valence-corrected chi connectivity index (χ0v) is 7.09. The maximum absolute atomic E-state index is 10.9. The second-order valence-electron chi connectivity index (χ2n) is 3.24. The van der Waals surface area contributed by atoms with Crippen LogP contribution in [0.25, 0.3) is 0 Å². The molecule has 66 valence electrons. The van der Waals surface area contributed by atoms with Gasteiger partial charge in [0.05, 0.1) is 11.2 Å². The summed E-state index contributed by atoms with van der Waals surface area (Å²) in [6, 6.07) is 1.34. The lowest BCUT2D eigenvalue weighted by Gasteiger charge is -2.16. The highest BCUT2D eigenvalue weighted by Gasteiger charge is 2.16. The van der Waals surface area contributed by atoms with Crippen molar-refractivity contribution in [2.45, 2.75) is 19.4 Å². The minimum absolute atomic E-state index is 0.0935. The molecule has 0 atom stereocenters. The molecule has 0 saturated heterocycles. The molecule has 0 spiro atoms. The summed E-state index contributed by atoms with van der Waals surface area (Å²) in [7, 11) is 0. The van der Waals surface area contributed by atoms with Gasteiger partial charge in [-0.15, -0.1) is 0 Å². The predicted octanol–water partition coefficient (Wildman–Crippen LogP) is -0.454. The Morgan fingerprint density at radius 1 is 1.58 bits per heavy atom. The number of H-pyrrole nitrogens is 1. The fourth-order valence-corrected chi connectivity index (χ4v) is 0.807. The highest BCUT2D eigenvalue weighted by Crippen LogP contribution is 2.11. The molecule has 5 heteroatoms. The van der Waals surface area contributed by atoms with Crippen LogP contribution in [0.3, 0.4) is 0 Å². The first-order valence-electron chi connectivity index (χ1n) is 3.56. The standard InChI is InChI=1S/C7H12N4O/c1-7(2,9)4-3-5(12)11-6(8)10-4/h3H,9H2,1-2H3,(H3,8,10,11,12). The van der Waals surface area contributed by atoms with Gasteiger partial charge in [-0.1, -0.05) is 0 Å². The van der Waals surface area contributed by atoms with E-state index < -0.39 is 5.54 Å². The van der Waals surface area contributed by atoms with Gasteiger partial charge in [-0.3, -0.25) is 9.78 Å². The van der Waals surface area contributed by atoms with Gasteiger partial charge < -0.3 is 11.5 Å². The van der Waals surface area contributed by atoms with Gasteiger partial charge in [0.25, 0.3) is 5.56 Å². The predicted molar refractivity (Wildman–Crippen MR) is 46.5 cm³/mol. The van der Waals surface area contributed by atoms with Crippen LogP contribution in [0, 0.1) is 0 Å². The molecular formula is C7H12N4O. The van der Waals surface area contributed by atoms with E-state index in [1.54, 1.807) is 13.8 Å². The van der Waals surface area contributed by atoms with E-state index in [0.717, 1.165) is 0 Å². The molecule has 0 fully saturated rings. The SMILES string of the molecule is CC(C)(N)c1cc(=O)[nH]c(N)n1. The molecule has 0 radical (unpaired) electrons. The smallest absolute Gasteiger partial charge is 0.252 e. The Morgan fingerprint density at radius 2 is 2.17 bits per heavy atom. The normalized spacial score (nSPS) is 11.6. The molecule has 0 aliphatic rings. The Morgan fingerprint density at radius 3 is 2.58 bits per heavy atom. The number of aromatic amines is 1. The van der Waals surface area contributed by atoms with Crippen molar-refractivity contribution in [3.05, 3.63) is 22.1 Å². The number of nitrogens with zero attached hydrogens (tertiary/aromatic N) is 1.